The number of allylic oxidation sites excluding steroid dienone is 3. The van der Waals surface area contributed by atoms with Gasteiger partial charge in [0.15, 0.2) is 0 Å². The molecule has 0 aromatic heterocycles. The summed E-state index contributed by atoms with van der Waals surface area (Å²) in [6.45, 7) is 0. The molecule has 102 valence electrons. The van der Waals surface area contributed by atoms with Crippen molar-refractivity contribution in [2.24, 2.45) is 5.92 Å². The quantitative estimate of drug-likeness (QED) is 0.885. The summed E-state index contributed by atoms with van der Waals surface area (Å²) in [6, 6.07) is 7.43. The molecule has 2 aliphatic rings. The third-order valence-corrected chi connectivity index (χ3v) is 3.47. The predicted molar refractivity (Wildman–Crippen MR) is 77.3 cm³/mol. The Hall–Kier alpha value is -2.49. The first-order chi connectivity index (χ1) is 9.76. The summed E-state index contributed by atoms with van der Waals surface area (Å²) in [5.74, 6) is 0.960. The van der Waals surface area contributed by atoms with Crippen LogP contribution in [0.15, 0.2) is 60.3 Å². The van der Waals surface area contributed by atoms with E-state index in [9.17, 15) is 4.79 Å². The topological polar surface area (TPSA) is 50.4 Å². The molecule has 1 aromatic carbocycles. The van der Waals surface area contributed by atoms with E-state index < -0.39 is 0 Å². The number of urea groups is 1. The number of benzene rings is 1. The van der Waals surface area contributed by atoms with Crippen LogP contribution in [0.1, 0.15) is 11.6 Å². The number of hydrogen-bond acceptors (Lipinski definition) is 2. The molecule has 1 aliphatic carbocycles. The third kappa shape index (κ3) is 2.45. The zero-order valence-electron chi connectivity index (χ0n) is 11.2. The van der Waals surface area contributed by atoms with Crippen LogP contribution in [0.2, 0.25) is 0 Å². The van der Waals surface area contributed by atoms with E-state index in [0.717, 1.165) is 17.0 Å². The van der Waals surface area contributed by atoms with Crippen LogP contribution < -0.4 is 15.4 Å². The van der Waals surface area contributed by atoms with Crippen LogP contribution in [0.4, 0.5) is 4.79 Å². The highest BCUT2D eigenvalue weighted by atomic mass is 16.5. The number of carbonyl (C=O) groups is 1. The molecular weight excluding hydrogens is 252 g/mol. The van der Waals surface area contributed by atoms with Gasteiger partial charge in [0.05, 0.1) is 13.2 Å². The fraction of sp³-hybridized carbons (Fsp3) is 0.188. The van der Waals surface area contributed by atoms with E-state index in [1.165, 1.54) is 0 Å². The molecule has 0 radical (unpaired) electrons. The average molecular weight is 268 g/mol. The molecule has 0 saturated carbocycles. The van der Waals surface area contributed by atoms with Crippen molar-refractivity contribution < 1.29 is 9.53 Å². The van der Waals surface area contributed by atoms with Gasteiger partial charge in [0.25, 0.3) is 0 Å². The molecule has 1 aliphatic heterocycles. The number of hydrogen-bond donors (Lipinski definition) is 2. The fourth-order valence-corrected chi connectivity index (χ4v) is 2.40. The Kier molecular flexibility index (Phi) is 3.29. The standard InChI is InChI=1S/C16H16N2O2/c1-20-13-8-6-12(7-9-13)15-10-14(17-16(19)18-15)11-4-2-3-5-11/h2-11,15H,1H3,(H2,17,18,19). The van der Waals surface area contributed by atoms with Gasteiger partial charge in [-0.3, -0.25) is 0 Å². The number of amides is 2. The van der Waals surface area contributed by atoms with Crippen LogP contribution in [-0.2, 0) is 0 Å². The smallest absolute Gasteiger partial charge is 0.319 e. The molecule has 1 unspecified atom stereocenters. The Morgan fingerprint density at radius 1 is 1.10 bits per heavy atom. The zero-order valence-corrected chi connectivity index (χ0v) is 11.2. The van der Waals surface area contributed by atoms with Gasteiger partial charge in [-0.25, -0.2) is 4.79 Å². The Balaban J connectivity index is 1.87. The van der Waals surface area contributed by atoms with Crippen molar-refractivity contribution >= 4 is 6.03 Å². The maximum absolute atomic E-state index is 11.8. The van der Waals surface area contributed by atoms with E-state index in [4.69, 9.17) is 4.74 Å². The second-order valence-electron chi connectivity index (χ2n) is 4.77. The van der Waals surface area contributed by atoms with Crippen molar-refractivity contribution in [2.75, 3.05) is 7.11 Å². The summed E-state index contributed by atoms with van der Waals surface area (Å²) < 4.78 is 5.15. The molecular formula is C16H16N2O2. The fourth-order valence-electron chi connectivity index (χ4n) is 2.40. The van der Waals surface area contributed by atoms with Crippen molar-refractivity contribution in [3.63, 3.8) is 0 Å². The maximum atomic E-state index is 11.8. The minimum atomic E-state index is -0.169. The Labute approximate surface area is 117 Å². The summed E-state index contributed by atoms with van der Waals surface area (Å²) in [5.41, 5.74) is 1.95. The van der Waals surface area contributed by atoms with Crippen LogP contribution in [0.3, 0.4) is 0 Å². The molecule has 2 amide bonds. The number of methoxy groups -OCH3 is 1. The second-order valence-corrected chi connectivity index (χ2v) is 4.77. The van der Waals surface area contributed by atoms with E-state index in [1.807, 2.05) is 42.5 Å². The average Bonchev–Trinajstić information content (AvgIpc) is 3.01. The summed E-state index contributed by atoms with van der Waals surface area (Å²) in [6.07, 6.45) is 10.1. The van der Waals surface area contributed by atoms with Gasteiger partial charge in [0.2, 0.25) is 0 Å². The lowest BCUT2D eigenvalue weighted by Crippen LogP contribution is -2.42. The van der Waals surface area contributed by atoms with Gasteiger partial charge >= 0.3 is 6.03 Å². The molecule has 1 atom stereocenters. The van der Waals surface area contributed by atoms with E-state index in [1.54, 1.807) is 7.11 Å². The SMILES string of the molecule is COc1ccc(C2C=C(C3C=CC=C3)NC(=O)N2)cc1. The third-order valence-electron chi connectivity index (χ3n) is 3.47. The second kappa shape index (κ2) is 5.25. The zero-order chi connectivity index (χ0) is 13.9. The molecule has 0 bridgehead atoms. The van der Waals surface area contributed by atoms with Crippen molar-refractivity contribution in [3.8, 4) is 5.75 Å². The predicted octanol–water partition coefficient (Wildman–Crippen LogP) is 2.68. The van der Waals surface area contributed by atoms with Gasteiger partial charge in [-0.05, 0) is 23.8 Å². The van der Waals surface area contributed by atoms with Gasteiger partial charge in [-0.15, -0.1) is 0 Å². The minimum Gasteiger partial charge on any atom is -0.497 e. The summed E-state index contributed by atoms with van der Waals surface area (Å²) >= 11 is 0. The van der Waals surface area contributed by atoms with Crippen molar-refractivity contribution in [1.29, 1.82) is 0 Å². The van der Waals surface area contributed by atoms with Gasteiger partial charge in [-0.2, -0.15) is 0 Å². The van der Waals surface area contributed by atoms with Crippen molar-refractivity contribution in [1.82, 2.24) is 10.6 Å². The van der Waals surface area contributed by atoms with Gasteiger partial charge in [0, 0.05) is 11.6 Å². The molecule has 1 heterocycles. The monoisotopic (exact) mass is 268 g/mol. The lowest BCUT2D eigenvalue weighted by molar-refractivity contribution is 0.238. The van der Waals surface area contributed by atoms with Crippen LogP contribution in [0, 0.1) is 5.92 Å². The molecule has 0 fully saturated rings. The first kappa shape index (κ1) is 12.5. The molecule has 1 aromatic rings. The maximum Gasteiger partial charge on any atom is 0.319 e. The first-order valence-electron chi connectivity index (χ1n) is 6.54. The molecule has 2 N–H and O–H groups in total. The highest BCUT2D eigenvalue weighted by Gasteiger charge is 2.23. The van der Waals surface area contributed by atoms with Crippen LogP contribution >= 0.6 is 0 Å². The summed E-state index contributed by atoms with van der Waals surface area (Å²) in [5, 5.41) is 5.77. The largest absolute Gasteiger partial charge is 0.497 e. The highest BCUT2D eigenvalue weighted by molar-refractivity contribution is 5.78. The number of ether oxygens (including phenoxy) is 1. The van der Waals surface area contributed by atoms with Crippen LogP contribution in [0.25, 0.3) is 0 Å². The normalized spacial score (nSPS) is 21.4. The summed E-state index contributed by atoms with van der Waals surface area (Å²) in [4.78, 5) is 11.8. The molecule has 4 heteroatoms. The Morgan fingerprint density at radius 3 is 2.45 bits per heavy atom. The lowest BCUT2D eigenvalue weighted by Gasteiger charge is -2.26. The van der Waals surface area contributed by atoms with Crippen LogP contribution in [-0.4, -0.2) is 13.1 Å². The van der Waals surface area contributed by atoms with E-state index in [2.05, 4.69) is 22.8 Å². The number of nitrogens with one attached hydrogen (secondary N) is 2. The van der Waals surface area contributed by atoms with Gasteiger partial charge in [-0.1, -0.05) is 36.4 Å². The molecule has 20 heavy (non-hydrogen) atoms. The van der Waals surface area contributed by atoms with Crippen molar-refractivity contribution in [3.05, 3.63) is 65.9 Å². The van der Waals surface area contributed by atoms with Gasteiger partial charge < -0.3 is 15.4 Å². The minimum absolute atomic E-state index is 0.118. The molecule has 0 spiro atoms. The van der Waals surface area contributed by atoms with Crippen molar-refractivity contribution in [2.45, 2.75) is 6.04 Å². The van der Waals surface area contributed by atoms with Crippen LogP contribution in [0.5, 0.6) is 5.75 Å². The number of rotatable bonds is 3. The van der Waals surface area contributed by atoms with E-state index >= 15 is 0 Å². The van der Waals surface area contributed by atoms with Gasteiger partial charge in [0.1, 0.15) is 5.75 Å². The van der Waals surface area contributed by atoms with E-state index in [-0.39, 0.29) is 18.0 Å². The molecule has 0 saturated heterocycles. The van der Waals surface area contributed by atoms with E-state index in [0.29, 0.717) is 0 Å². The molecule has 4 nitrogen and oxygen atoms in total. The first-order valence-corrected chi connectivity index (χ1v) is 6.54. The Bertz CT molecular complexity index is 587. The highest BCUT2D eigenvalue weighted by Crippen LogP contribution is 2.26. The Morgan fingerprint density at radius 2 is 1.80 bits per heavy atom. The number of carbonyl (C=O) groups excluding carboxylic acids is 1. The lowest BCUT2D eigenvalue weighted by atomic mass is 9.99. The summed E-state index contributed by atoms with van der Waals surface area (Å²) in [7, 11) is 1.64. The molecule has 3 rings (SSSR count).